The van der Waals surface area contributed by atoms with Crippen LogP contribution >= 0.6 is 0 Å². The Kier molecular flexibility index (Phi) is 7.50. The highest BCUT2D eigenvalue weighted by Crippen LogP contribution is 2.10. The summed E-state index contributed by atoms with van der Waals surface area (Å²) in [6, 6.07) is 0. The second-order valence-electron chi connectivity index (χ2n) is 5.84. The van der Waals surface area contributed by atoms with Gasteiger partial charge in [-0.05, 0) is 25.7 Å². The summed E-state index contributed by atoms with van der Waals surface area (Å²) in [6.07, 6.45) is 12.7. The minimum absolute atomic E-state index is 1.03. The van der Waals surface area contributed by atoms with Crippen molar-refractivity contribution in [3.05, 3.63) is 0 Å². The van der Waals surface area contributed by atoms with Crippen molar-refractivity contribution in [2.45, 2.75) is 64.2 Å². The molecule has 0 spiro atoms. The lowest BCUT2D eigenvalue weighted by molar-refractivity contribution is 0.597. The molecule has 0 saturated carbocycles. The molecule has 4 nitrogen and oxygen atoms in total. The molecule has 0 unspecified atom stereocenters. The summed E-state index contributed by atoms with van der Waals surface area (Å²) in [6.45, 7) is 4.30. The largest absolute Gasteiger partial charge is 0.374 e. The van der Waals surface area contributed by atoms with E-state index in [0.29, 0.717) is 0 Å². The van der Waals surface area contributed by atoms with Gasteiger partial charge in [-0.1, -0.05) is 25.7 Å². The van der Waals surface area contributed by atoms with Gasteiger partial charge in [-0.15, -0.1) is 0 Å². The Morgan fingerprint density at radius 1 is 0.650 bits per heavy atom. The van der Waals surface area contributed by atoms with E-state index in [1.807, 2.05) is 0 Å². The summed E-state index contributed by atoms with van der Waals surface area (Å²) in [5, 5.41) is 6.79. The van der Waals surface area contributed by atoms with Gasteiger partial charge in [0.15, 0.2) is 0 Å². The Morgan fingerprint density at radius 3 is 1.50 bits per heavy atom. The van der Waals surface area contributed by atoms with Gasteiger partial charge in [-0.3, -0.25) is 9.98 Å². The molecule has 0 aliphatic carbocycles. The monoisotopic (exact) mass is 278 g/mol. The van der Waals surface area contributed by atoms with E-state index in [0.717, 1.165) is 39.0 Å². The first kappa shape index (κ1) is 15.3. The van der Waals surface area contributed by atoms with Crippen molar-refractivity contribution in [2.24, 2.45) is 9.98 Å². The van der Waals surface area contributed by atoms with Gasteiger partial charge >= 0.3 is 0 Å². The number of hydrogen-bond acceptors (Lipinski definition) is 4. The molecule has 20 heavy (non-hydrogen) atoms. The average Bonchev–Trinajstić information content (AvgIpc) is 2.52. The molecular formula is C16H30N4. The third-order valence-corrected chi connectivity index (χ3v) is 4.01. The molecule has 0 bridgehead atoms. The summed E-state index contributed by atoms with van der Waals surface area (Å²) < 4.78 is 0. The fourth-order valence-corrected chi connectivity index (χ4v) is 2.79. The molecule has 2 rings (SSSR count). The lowest BCUT2D eigenvalue weighted by atomic mass is 10.1. The lowest BCUT2D eigenvalue weighted by Crippen LogP contribution is -2.29. The first-order chi connectivity index (χ1) is 9.95. The first-order valence-corrected chi connectivity index (χ1v) is 8.49. The molecule has 0 aromatic rings. The van der Waals surface area contributed by atoms with E-state index in [4.69, 9.17) is 0 Å². The predicted octanol–water partition coefficient (Wildman–Crippen LogP) is 2.89. The molecule has 0 atom stereocenters. The maximum atomic E-state index is 4.51. The zero-order valence-corrected chi connectivity index (χ0v) is 12.8. The molecular weight excluding hydrogens is 248 g/mol. The minimum atomic E-state index is 1.03. The Morgan fingerprint density at radius 2 is 1.10 bits per heavy atom. The van der Waals surface area contributed by atoms with Crippen molar-refractivity contribution >= 4 is 11.7 Å². The lowest BCUT2D eigenvalue weighted by Gasteiger charge is -2.14. The van der Waals surface area contributed by atoms with Gasteiger partial charge in [0.2, 0.25) is 0 Å². The van der Waals surface area contributed by atoms with Crippen molar-refractivity contribution in [1.29, 1.82) is 0 Å². The van der Waals surface area contributed by atoms with Gasteiger partial charge in [0.25, 0.3) is 0 Å². The topological polar surface area (TPSA) is 48.8 Å². The summed E-state index contributed by atoms with van der Waals surface area (Å²) in [5.74, 6) is 2.50. The number of hydrogen-bond donors (Lipinski definition) is 2. The second kappa shape index (κ2) is 9.78. The SMILES string of the molecule is C(CCCCC1=NCCCN1)CCCC1=NCCCN1. The number of aliphatic imine (C=N–C) groups is 2. The van der Waals surface area contributed by atoms with Gasteiger partial charge in [0.05, 0.1) is 11.7 Å². The van der Waals surface area contributed by atoms with Gasteiger partial charge < -0.3 is 10.6 Å². The number of amidine groups is 2. The van der Waals surface area contributed by atoms with Crippen molar-refractivity contribution in [1.82, 2.24) is 10.6 Å². The van der Waals surface area contributed by atoms with E-state index in [1.54, 1.807) is 0 Å². The molecule has 2 aliphatic heterocycles. The summed E-state index contributed by atoms with van der Waals surface area (Å²) in [5.41, 5.74) is 0. The van der Waals surface area contributed by atoms with Crippen molar-refractivity contribution in [3.8, 4) is 0 Å². The van der Waals surface area contributed by atoms with Crippen LogP contribution in [0.1, 0.15) is 64.2 Å². The fraction of sp³-hybridized carbons (Fsp3) is 0.875. The molecule has 2 aliphatic rings. The first-order valence-electron chi connectivity index (χ1n) is 8.49. The van der Waals surface area contributed by atoms with Crippen molar-refractivity contribution in [3.63, 3.8) is 0 Å². The Balaban J connectivity index is 1.38. The molecule has 0 aromatic carbocycles. The zero-order valence-electron chi connectivity index (χ0n) is 12.8. The third kappa shape index (κ3) is 6.40. The molecule has 2 N–H and O–H groups in total. The third-order valence-electron chi connectivity index (χ3n) is 4.01. The smallest absolute Gasteiger partial charge is 0.0963 e. The quantitative estimate of drug-likeness (QED) is 0.637. The molecule has 0 amide bonds. The second-order valence-corrected chi connectivity index (χ2v) is 5.84. The van der Waals surface area contributed by atoms with Crippen molar-refractivity contribution in [2.75, 3.05) is 26.2 Å². The summed E-state index contributed by atoms with van der Waals surface area (Å²) in [4.78, 5) is 9.03. The average molecular weight is 278 g/mol. The summed E-state index contributed by atoms with van der Waals surface area (Å²) >= 11 is 0. The van der Waals surface area contributed by atoms with Crippen LogP contribution in [-0.2, 0) is 0 Å². The van der Waals surface area contributed by atoms with E-state index < -0.39 is 0 Å². The molecule has 0 fully saturated rings. The predicted molar refractivity (Wildman–Crippen MR) is 86.8 cm³/mol. The number of unbranched alkanes of at least 4 members (excludes halogenated alkanes) is 5. The standard InChI is InChI=1S/C16H30N4/c1(3-5-9-15-17-11-7-12-18-15)2-4-6-10-16-19-13-8-14-20-16/h1-14H2,(H,17,18)(H,19,20). The molecule has 4 heteroatoms. The normalized spacial score (nSPS) is 18.8. The van der Waals surface area contributed by atoms with E-state index >= 15 is 0 Å². The molecule has 0 saturated heterocycles. The van der Waals surface area contributed by atoms with Gasteiger partial charge in [0.1, 0.15) is 0 Å². The van der Waals surface area contributed by atoms with Gasteiger partial charge in [-0.2, -0.15) is 0 Å². The highest BCUT2D eigenvalue weighted by atomic mass is 15.0. The minimum Gasteiger partial charge on any atom is -0.374 e. The molecule has 0 aromatic heterocycles. The van der Waals surface area contributed by atoms with Crippen LogP contribution in [0.15, 0.2) is 9.98 Å². The Labute approximate surface area is 123 Å². The van der Waals surface area contributed by atoms with Crippen LogP contribution in [0.25, 0.3) is 0 Å². The van der Waals surface area contributed by atoms with Crippen LogP contribution < -0.4 is 10.6 Å². The van der Waals surface area contributed by atoms with Gasteiger partial charge in [-0.25, -0.2) is 0 Å². The number of rotatable bonds is 9. The highest BCUT2D eigenvalue weighted by molar-refractivity contribution is 5.82. The Bertz CT molecular complexity index is 290. The van der Waals surface area contributed by atoms with Gasteiger partial charge in [0, 0.05) is 39.0 Å². The van der Waals surface area contributed by atoms with Crippen LogP contribution in [0.3, 0.4) is 0 Å². The molecule has 114 valence electrons. The van der Waals surface area contributed by atoms with E-state index in [9.17, 15) is 0 Å². The number of nitrogens with zero attached hydrogens (tertiary/aromatic N) is 2. The van der Waals surface area contributed by atoms with Crippen LogP contribution in [0.2, 0.25) is 0 Å². The molecule has 0 radical (unpaired) electrons. The maximum Gasteiger partial charge on any atom is 0.0963 e. The zero-order chi connectivity index (χ0) is 13.9. The number of nitrogens with one attached hydrogen (secondary N) is 2. The van der Waals surface area contributed by atoms with Crippen LogP contribution in [-0.4, -0.2) is 37.9 Å². The van der Waals surface area contributed by atoms with Crippen LogP contribution in [0, 0.1) is 0 Å². The Hall–Kier alpha value is -1.06. The van der Waals surface area contributed by atoms with Crippen LogP contribution in [0.5, 0.6) is 0 Å². The van der Waals surface area contributed by atoms with E-state index in [1.165, 1.54) is 63.0 Å². The van der Waals surface area contributed by atoms with Crippen molar-refractivity contribution < 1.29 is 0 Å². The van der Waals surface area contributed by atoms with E-state index in [2.05, 4.69) is 20.6 Å². The molecule has 2 heterocycles. The van der Waals surface area contributed by atoms with Crippen LogP contribution in [0.4, 0.5) is 0 Å². The maximum absolute atomic E-state index is 4.51. The van der Waals surface area contributed by atoms with E-state index in [-0.39, 0.29) is 0 Å². The summed E-state index contributed by atoms with van der Waals surface area (Å²) in [7, 11) is 0. The highest BCUT2D eigenvalue weighted by Gasteiger charge is 2.04. The fourth-order valence-electron chi connectivity index (χ4n) is 2.79.